The van der Waals surface area contributed by atoms with Gasteiger partial charge in [-0.2, -0.15) is 0 Å². The Labute approximate surface area is 134 Å². The molecule has 0 radical (unpaired) electrons. The molecule has 4 aliphatic rings. The minimum atomic E-state index is 0.00312. The Balaban J connectivity index is 1.88. The Morgan fingerprint density at radius 1 is 1.04 bits per heavy atom. The molecule has 2 heteroatoms. The minimum Gasteiger partial charge on any atom is -0.456 e. The van der Waals surface area contributed by atoms with E-state index in [2.05, 4.69) is 31.2 Å². The lowest BCUT2D eigenvalue weighted by Crippen LogP contribution is -2.16. The van der Waals surface area contributed by atoms with Crippen LogP contribution in [0.3, 0.4) is 0 Å². The van der Waals surface area contributed by atoms with Crippen molar-refractivity contribution in [3.05, 3.63) is 70.4 Å². The molecule has 0 spiro atoms. The fourth-order valence-corrected chi connectivity index (χ4v) is 4.76. The number of benzene rings is 2. The molecular formula is C21H18O2. The monoisotopic (exact) mass is 302 g/mol. The Bertz CT molecular complexity index is 965. The Hall–Kier alpha value is -2.35. The van der Waals surface area contributed by atoms with Crippen LogP contribution >= 0.6 is 0 Å². The molecule has 4 atom stereocenters. The van der Waals surface area contributed by atoms with Gasteiger partial charge in [0.15, 0.2) is 5.43 Å². The van der Waals surface area contributed by atoms with Gasteiger partial charge >= 0.3 is 0 Å². The maximum Gasteiger partial charge on any atom is 0.182 e. The molecule has 114 valence electrons. The van der Waals surface area contributed by atoms with Crippen molar-refractivity contribution in [3.63, 3.8) is 0 Å². The number of hydrogen-bond acceptors (Lipinski definition) is 2. The molecule has 5 rings (SSSR count). The third kappa shape index (κ3) is 1.78. The fraction of sp³-hybridized carbons (Fsp3) is 0.286. The van der Waals surface area contributed by atoms with Gasteiger partial charge in [-0.05, 0) is 53.9 Å². The summed E-state index contributed by atoms with van der Waals surface area (Å²) in [5.74, 6) is 3.15. The van der Waals surface area contributed by atoms with Gasteiger partial charge in [0.25, 0.3) is 0 Å². The molecule has 23 heavy (non-hydrogen) atoms. The molecule has 3 aliphatic carbocycles. The Morgan fingerprint density at radius 3 is 2.70 bits per heavy atom. The fourth-order valence-electron chi connectivity index (χ4n) is 4.76. The summed E-state index contributed by atoms with van der Waals surface area (Å²) in [6, 6.07) is 13.5. The van der Waals surface area contributed by atoms with E-state index in [1.54, 1.807) is 12.1 Å². The first-order valence-electron chi connectivity index (χ1n) is 8.36. The van der Waals surface area contributed by atoms with E-state index >= 15 is 0 Å². The molecule has 0 N–H and O–H groups in total. The van der Waals surface area contributed by atoms with Crippen molar-refractivity contribution in [2.24, 2.45) is 17.8 Å². The molecule has 1 aliphatic heterocycles. The van der Waals surface area contributed by atoms with Crippen LogP contribution in [0.15, 0.2) is 63.8 Å². The molecular weight excluding hydrogens is 284 g/mol. The van der Waals surface area contributed by atoms with Crippen molar-refractivity contribution in [1.82, 2.24) is 0 Å². The highest BCUT2D eigenvalue weighted by Gasteiger charge is 2.44. The molecule has 1 aromatic carbocycles. The lowest BCUT2D eigenvalue weighted by atomic mass is 9.76. The second-order valence-electron chi connectivity index (χ2n) is 7.00. The van der Waals surface area contributed by atoms with E-state index in [9.17, 15) is 4.79 Å². The van der Waals surface area contributed by atoms with Crippen molar-refractivity contribution in [2.45, 2.75) is 19.3 Å². The van der Waals surface area contributed by atoms with Crippen molar-refractivity contribution in [1.29, 1.82) is 0 Å². The van der Waals surface area contributed by atoms with Gasteiger partial charge in [-0.15, -0.1) is 0 Å². The first kappa shape index (κ1) is 13.1. The van der Waals surface area contributed by atoms with Crippen LogP contribution in [-0.4, -0.2) is 0 Å². The SMILES string of the molecule is CC1C2C=CC(C2)C1c1c2ccc(=O)cc-2oc2ccccc12. The molecule has 1 heterocycles. The van der Waals surface area contributed by atoms with Crippen LogP contribution in [0, 0.1) is 17.8 Å². The summed E-state index contributed by atoms with van der Waals surface area (Å²) in [5.41, 5.74) is 3.34. The first-order valence-corrected chi connectivity index (χ1v) is 8.36. The molecule has 2 nitrogen and oxygen atoms in total. The molecule has 0 aromatic heterocycles. The standard InChI is InChI=1S/C21H18O2/c1-12-13-6-7-14(10-13)20(12)21-16-4-2-3-5-18(16)23-19-11-15(22)8-9-17(19)21/h2-9,11-14,20H,10H2,1H3. The van der Waals surface area contributed by atoms with Crippen LogP contribution in [0.25, 0.3) is 22.3 Å². The average molecular weight is 302 g/mol. The van der Waals surface area contributed by atoms with E-state index in [0.29, 0.717) is 29.4 Å². The van der Waals surface area contributed by atoms with Gasteiger partial charge in [0, 0.05) is 17.0 Å². The van der Waals surface area contributed by atoms with Crippen LogP contribution in [0.2, 0.25) is 0 Å². The van der Waals surface area contributed by atoms with E-state index in [1.165, 1.54) is 17.4 Å². The third-order valence-electron chi connectivity index (χ3n) is 5.83. The highest BCUT2D eigenvalue weighted by atomic mass is 16.3. The highest BCUT2D eigenvalue weighted by Crippen LogP contribution is 2.55. The van der Waals surface area contributed by atoms with Crippen LogP contribution in [0.4, 0.5) is 0 Å². The minimum absolute atomic E-state index is 0.00312. The lowest BCUT2D eigenvalue weighted by molar-refractivity contribution is 0.432. The van der Waals surface area contributed by atoms with Crippen LogP contribution in [0.5, 0.6) is 0 Å². The highest BCUT2D eigenvalue weighted by molar-refractivity contribution is 5.88. The quantitative estimate of drug-likeness (QED) is 0.476. The average Bonchev–Trinajstić information content (AvgIpc) is 3.14. The maximum absolute atomic E-state index is 11.8. The van der Waals surface area contributed by atoms with E-state index < -0.39 is 0 Å². The topological polar surface area (TPSA) is 30.2 Å². The number of rotatable bonds is 1. The molecule has 1 aromatic rings. The molecule has 1 saturated carbocycles. The van der Waals surface area contributed by atoms with Gasteiger partial charge in [0.2, 0.25) is 0 Å². The number of allylic oxidation sites excluding steroid dienone is 2. The van der Waals surface area contributed by atoms with E-state index in [-0.39, 0.29) is 5.43 Å². The van der Waals surface area contributed by atoms with Crippen LogP contribution < -0.4 is 5.43 Å². The molecule has 0 amide bonds. The molecule has 4 unspecified atom stereocenters. The van der Waals surface area contributed by atoms with Gasteiger partial charge in [-0.25, -0.2) is 0 Å². The Kier molecular flexibility index (Phi) is 2.61. The van der Waals surface area contributed by atoms with Gasteiger partial charge in [-0.1, -0.05) is 37.3 Å². The second kappa shape index (κ2) is 4.58. The predicted octanol–water partition coefficient (Wildman–Crippen LogP) is 4.82. The van der Waals surface area contributed by atoms with Crippen molar-refractivity contribution in [2.75, 3.05) is 0 Å². The van der Waals surface area contributed by atoms with Crippen LogP contribution in [0.1, 0.15) is 24.8 Å². The Morgan fingerprint density at radius 2 is 1.87 bits per heavy atom. The summed E-state index contributed by atoms with van der Waals surface area (Å²) in [5, 5.41) is 1.19. The van der Waals surface area contributed by atoms with E-state index in [1.807, 2.05) is 18.2 Å². The predicted molar refractivity (Wildman–Crippen MR) is 91.7 cm³/mol. The number of fused-ring (bicyclic) bond motifs is 4. The zero-order chi connectivity index (χ0) is 15.6. The smallest absolute Gasteiger partial charge is 0.182 e. The number of hydrogen-bond donors (Lipinski definition) is 0. The normalized spacial score (nSPS) is 28.9. The third-order valence-corrected chi connectivity index (χ3v) is 5.83. The summed E-state index contributed by atoms with van der Waals surface area (Å²) in [4.78, 5) is 11.8. The zero-order valence-electron chi connectivity index (χ0n) is 13.0. The van der Waals surface area contributed by atoms with Gasteiger partial charge in [0.1, 0.15) is 11.3 Å². The first-order chi connectivity index (χ1) is 11.2. The lowest BCUT2D eigenvalue weighted by Gasteiger charge is -2.29. The maximum atomic E-state index is 11.8. The van der Waals surface area contributed by atoms with Gasteiger partial charge in [-0.3, -0.25) is 4.79 Å². The van der Waals surface area contributed by atoms with Crippen molar-refractivity contribution < 1.29 is 4.42 Å². The summed E-state index contributed by atoms with van der Waals surface area (Å²) in [6.07, 6.45) is 6.04. The summed E-state index contributed by atoms with van der Waals surface area (Å²) in [6.45, 7) is 2.37. The number of para-hydroxylation sites is 1. The van der Waals surface area contributed by atoms with E-state index in [0.717, 1.165) is 11.1 Å². The van der Waals surface area contributed by atoms with Crippen LogP contribution in [-0.2, 0) is 0 Å². The van der Waals surface area contributed by atoms with Crippen molar-refractivity contribution >= 4 is 11.0 Å². The summed E-state index contributed by atoms with van der Waals surface area (Å²) >= 11 is 0. The zero-order valence-corrected chi connectivity index (χ0v) is 13.0. The summed E-state index contributed by atoms with van der Waals surface area (Å²) < 4.78 is 6.02. The summed E-state index contributed by atoms with van der Waals surface area (Å²) in [7, 11) is 0. The van der Waals surface area contributed by atoms with Gasteiger partial charge in [0.05, 0.1) is 0 Å². The molecule has 2 bridgehead atoms. The van der Waals surface area contributed by atoms with E-state index in [4.69, 9.17) is 4.42 Å². The molecule has 1 fully saturated rings. The second-order valence-corrected chi connectivity index (χ2v) is 7.00. The van der Waals surface area contributed by atoms with Crippen molar-refractivity contribution in [3.8, 4) is 11.3 Å². The molecule has 0 saturated heterocycles. The largest absolute Gasteiger partial charge is 0.456 e. The van der Waals surface area contributed by atoms with Gasteiger partial charge < -0.3 is 4.42 Å².